The molecule has 5 nitrogen and oxygen atoms in total. The zero-order valence-corrected chi connectivity index (χ0v) is 10.3. The number of amides is 3. The normalized spacial score (nSPS) is 12.7. The summed E-state index contributed by atoms with van der Waals surface area (Å²) in [6.07, 6.45) is -3.72. The molecule has 0 saturated carbocycles. The summed E-state index contributed by atoms with van der Waals surface area (Å²) in [7, 11) is 0. The van der Waals surface area contributed by atoms with Crippen molar-refractivity contribution in [2.24, 2.45) is 0 Å². The fraction of sp³-hybridized carbons (Fsp3) is 0.300. The monoisotopic (exact) mass is 295 g/mol. The molecule has 0 aliphatic heterocycles. The third kappa shape index (κ3) is 4.74. The molecule has 0 fully saturated rings. The second kappa shape index (κ2) is 5.87. The molecule has 19 heavy (non-hydrogen) atoms. The summed E-state index contributed by atoms with van der Waals surface area (Å²) < 4.78 is 36.7. The second-order valence-corrected chi connectivity index (χ2v) is 4.14. The van der Waals surface area contributed by atoms with Gasteiger partial charge in [0.25, 0.3) is 0 Å². The molecule has 1 unspecified atom stereocenters. The lowest BCUT2D eigenvalue weighted by molar-refractivity contribution is -0.141. The second-order valence-electron chi connectivity index (χ2n) is 3.49. The smallest absolute Gasteiger partial charge is 0.306 e. The minimum absolute atomic E-state index is 0.0144. The minimum Gasteiger partial charge on any atom is -0.306 e. The third-order valence-electron chi connectivity index (χ3n) is 1.91. The molecule has 1 atom stereocenters. The van der Waals surface area contributed by atoms with E-state index >= 15 is 0 Å². The van der Waals surface area contributed by atoms with Crippen LogP contribution in [-0.4, -0.2) is 22.3 Å². The maximum absolute atomic E-state index is 12.2. The molecular formula is C10H9ClF3N3O2. The number of urea groups is 1. The van der Waals surface area contributed by atoms with Crippen molar-refractivity contribution in [3.8, 4) is 0 Å². The quantitative estimate of drug-likeness (QED) is 0.823. The van der Waals surface area contributed by atoms with Crippen LogP contribution in [0.1, 0.15) is 12.6 Å². The van der Waals surface area contributed by atoms with Crippen LogP contribution in [-0.2, 0) is 11.0 Å². The highest BCUT2D eigenvalue weighted by Gasteiger charge is 2.32. The fourth-order valence-corrected chi connectivity index (χ4v) is 1.06. The molecule has 0 aliphatic carbocycles. The zero-order valence-electron chi connectivity index (χ0n) is 9.58. The average Bonchev–Trinajstić information content (AvgIpc) is 2.28. The molecule has 1 rings (SSSR count). The van der Waals surface area contributed by atoms with Gasteiger partial charge in [-0.3, -0.25) is 10.1 Å². The topological polar surface area (TPSA) is 71.1 Å². The van der Waals surface area contributed by atoms with Crippen LogP contribution >= 0.6 is 11.6 Å². The molecule has 0 aliphatic rings. The lowest BCUT2D eigenvalue weighted by atomic mass is 10.3. The van der Waals surface area contributed by atoms with Crippen molar-refractivity contribution < 1.29 is 22.8 Å². The predicted molar refractivity (Wildman–Crippen MR) is 61.7 cm³/mol. The van der Waals surface area contributed by atoms with Gasteiger partial charge in [-0.1, -0.05) is 0 Å². The van der Waals surface area contributed by atoms with Gasteiger partial charge in [-0.05, 0) is 19.1 Å². The Balaban J connectivity index is 2.64. The van der Waals surface area contributed by atoms with E-state index in [2.05, 4.69) is 10.3 Å². The number of imide groups is 1. The Bertz CT molecular complexity index is 474. The van der Waals surface area contributed by atoms with Gasteiger partial charge >= 0.3 is 12.2 Å². The number of nitrogens with zero attached hydrogens (tertiary/aromatic N) is 1. The van der Waals surface area contributed by atoms with Crippen LogP contribution in [0.15, 0.2) is 18.3 Å². The number of carbonyl (C=O) groups is 2. The Kier molecular flexibility index (Phi) is 4.71. The first kappa shape index (κ1) is 15.2. The Labute approximate surface area is 111 Å². The predicted octanol–water partition coefficient (Wildman–Crippen LogP) is 2.38. The summed E-state index contributed by atoms with van der Waals surface area (Å²) >= 11 is 5.42. The van der Waals surface area contributed by atoms with E-state index in [1.54, 1.807) is 0 Å². The Morgan fingerprint density at radius 1 is 1.37 bits per heavy atom. The fourth-order valence-electron chi connectivity index (χ4n) is 1.01. The molecule has 1 aromatic heterocycles. The molecule has 0 saturated heterocycles. The van der Waals surface area contributed by atoms with E-state index in [0.717, 1.165) is 12.3 Å². The summed E-state index contributed by atoms with van der Waals surface area (Å²) in [5.41, 5.74) is -1.07. The number of aromatic nitrogens is 1. The molecule has 3 amide bonds. The molecule has 9 heteroatoms. The summed E-state index contributed by atoms with van der Waals surface area (Å²) in [5, 5.41) is 3.14. The van der Waals surface area contributed by atoms with Crippen LogP contribution in [0, 0.1) is 0 Å². The van der Waals surface area contributed by atoms with Crippen LogP contribution in [0.25, 0.3) is 0 Å². The van der Waals surface area contributed by atoms with Gasteiger partial charge < -0.3 is 5.32 Å². The van der Waals surface area contributed by atoms with Crippen molar-refractivity contribution in [2.45, 2.75) is 18.5 Å². The van der Waals surface area contributed by atoms with Crippen LogP contribution < -0.4 is 10.6 Å². The van der Waals surface area contributed by atoms with E-state index in [1.807, 2.05) is 5.32 Å². The summed E-state index contributed by atoms with van der Waals surface area (Å²) in [5.74, 6) is -0.723. The number of alkyl halides is 4. The molecule has 0 aromatic carbocycles. The van der Waals surface area contributed by atoms with Crippen molar-refractivity contribution in [2.75, 3.05) is 5.32 Å². The van der Waals surface area contributed by atoms with Crippen molar-refractivity contribution >= 4 is 29.2 Å². The number of hydrogen-bond donors (Lipinski definition) is 2. The summed E-state index contributed by atoms with van der Waals surface area (Å²) in [6, 6.07) is 0.824. The number of anilines is 1. The number of rotatable bonds is 2. The van der Waals surface area contributed by atoms with Gasteiger partial charge in [0.2, 0.25) is 5.91 Å². The van der Waals surface area contributed by atoms with E-state index in [9.17, 15) is 22.8 Å². The Morgan fingerprint density at radius 3 is 2.42 bits per heavy atom. The highest BCUT2D eigenvalue weighted by Crippen LogP contribution is 2.27. The molecule has 0 spiro atoms. The van der Waals surface area contributed by atoms with Gasteiger partial charge in [0.1, 0.15) is 11.1 Å². The van der Waals surface area contributed by atoms with Crippen LogP contribution in [0.5, 0.6) is 0 Å². The summed E-state index contributed by atoms with van der Waals surface area (Å²) in [4.78, 5) is 25.5. The lowest BCUT2D eigenvalue weighted by Crippen LogP contribution is -2.38. The molecule has 1 heterocycles. The van der Waals surface area contributed by atoms with Crippen LogP contribution in [0.3, 0.4) is 0 Å². The Morgan fingerprint density at radius 2 is 2.00 bits per heavy atom. The first-order valence-electron chi connectivity index (χ1n) is 4.99. The van der Waals surface area contributed by atoms with Crippen molar-refractivity contribution in [3.05, 3.63) is 24.0 Å². The largest absolute Gasteiger partial charge is 0.433 e. The van der Waals surface area contributed by atoms with Crippen molar-refractivity contribution in [1.29, 1.82) is 0 Å². The van der Waals surface area contributed by atoms with E-state index in [0.29, 0.717) is 6.07 Å². The first-order chi connectivity index (χ1) is 8.70. The highest BCUT2D eigenvalue weighted by atomic mass is 35.5. The molecule has 1 aromatic rings. The standard InChI is InChI=1S/C10H9ClF3N3O2/c1-5(11)8(18)17-9(19)16-6-2-3-7(15-4-6)10(12,13)14/h2-5H,1H3,(H2,16,17,18,19). The van der Waals surface area contributed by atoms with Crippen LogP contribution in [0.2, 0.25) is 0 Å². The first-order valence-corrected chi connectivity index (χ1v) is 5.43. The molecule has 104 valence electrons. The number of hydrogen-bond acceptors (Lipinski definition) is 3. The van der Waals surface area contributed by atoms with Gasteiger partial charge in [0.05, 0.1) is 11.9 Å². The van der Waals surface area contributed by atoms with E-state index in [-0.39, 0.29) is 5.69 Å². The number of carbonyl (C=O) groups excluding carboxylic acids is 2. The van der Waals surface area contributed by atoms with Crippen LogP contribution in [0.4, 0.5) is 23.7 Å². The van der Waals surface area contributed by atoms with E-state index < -0.39 is 29.2 Å². The van der Waals surface area contributed by atoms with E-state index in [1.165, 1.54) is 6.92 Å². The van der Waals surface area contributed by atoms with E-state index in [4.69, 9.17) is 11.6 Å². The van der Waals surface area contributed by atoms with Crippen molar-refractivity contribution in [1.82, 2.24) is 10.3 Å². The molecule has 0 bridgehead atoms. The van der Waals surface area contributed by atoms with Gasteiger partial charge in [-0.25, -0.2) is 9.78 Å². The SMILES string of the molecule is CC(Cl)C(=O)NC(=O)Nc1ccc(C(F)(F)F)nc1. The lowest BCUT2D eigenvalue weighted by Gasteiger charge is -2.09. The maximum Gasteiger partial charge on any atom is 0.433 e. The molecule has 0 radical (unpaired) electrons. The number of pyridine rings is 1. The van der Waals surface area contributed by atoms with Gasteiger partial charge in [0.15, 0.2) is 0 Å². The number of nitrogens with one attached hydrogen (secondary N) is 2. The molecular weight excluding hydrogens is 287 g/mol. The van der Waals surface area contributed by atoms with Gasteiger partial charge in [-0.2, -0.15) is 13.2 Å². The average molecular weight is 296 g/mol. The number of halogens is 4. The maximum atomic E-state index is 12.2. The Hall–Kier alpha value is -1.83. The third-order valence-corrected chi connectivity index (χ3v) is 2.11. The van der Waals surface area contributed by atoms with Crippen molar-refractivity contribution in [3.63, 3.8) is 0 Å². The minimum atomic E-state index is -4.55. The van der Waals surface area contributed by atoms with Gasteiger partial charge in [-0.15, -0.1) is 11.6 Å². The van der Waals surface area contributed by atoms with Gasteiger partial charge in [0, 0.05) is 0 Å². The zero-order chi connectivity index (χ0) is 14.6. The highest BCUT2D eigenvalue weighted by molar-refractivity contribution is 6.31. The molecule has 2 N–H and O–H groups in total. The summed E-state index contributed by atoms with van der Waals surface area (Å²) in [6.45, 7) is 1.36.